The van der Waals surface area contributed by atoms with E-state index in [0.29, 0.717) is 17.5 Å². The molecule has 0 saturated carbocycles. The van der Waals surface area contributed by atoms with E-state index in [0.717, 1.165) is 65.2 Å². The minimum absolute atomic E-state index is 0.0799. The third kappa shape index (κ3) is 7.30. The fraction of sp³-hybridized carbons (Fsp3) is 0.414. The second kappa shape index (κ2) is 14.4. The van der Waals surface area contributed by atoms with Crippen molar-refractivity contribution < 1.29 is 9.53 Å². The highest BCUT2D eigenvalue weighted by molar-refractivity contribution is 7.98. The third-order valence-corrected chi connectivity index (χ3v) is 7.76. The fourth-order valence-corrected chi connectivity index (χ4v) is 5.30. The quantitative estimate of drug-likeness (QED) is 0.195. The van der Waals surface area contributed by atoms with Gasteiger partial charge in [0.15, 0.2) is 5.15 Å². The summed E-state index contributed by atoms with van der Waals surface area (Å²) in [4.78, 5) is 19.5. The van der Waals surface area contributed by atoms with Crippen LogP contribution in [0.5, 0.6) is 0 Å². The molecule has 1 unspecified atom stereocenters. The molecule has 2 heterocycles. The number of tetrazole rings is 1. The lowest BCUT2D eigenvalue weighted by Crippen LogP contribution is -2.37. The number of halogens is 1. The summed E-state index contributed by atoms with van der Waals surface area (Å²) < 4.78 is 7.89. The standard InChI is InChI=1S/C29H36ClN7O2S/c1-5-6-11-26-31-27(30)25(19-39-29(38)24(36(2)3)16-17-40-4)37(26)18-20-12-14-21(15-13-20)22-9-7-8-10-23(22)28-32-34-35-33-28/h7-10,12-15,24H,5-6,11,16-19H2,1-4H3,(H,32,33,34,35). The lowest BCUT2D eigenvalue weighted by molar-refractivity contribution is -0.150. The van der Waals surface area contributed by atoms with Crippen molar-refractivity contribution in [1.82, 2.24) is 35.1 Å². The van der Waals surface area contributed by atoms with Crippen molar-refractivity contribution in [3.05, 3.63) is 70.8 Å². The van der Waals surface area contributed by atoms with Crippen LogP contribution in [0.1, 0.15) is 43.3 Å². The molecule has 9 nitrogen and oxygen atoms in total. The van der Waals surface area contributed by atoms with Crippen molar-refractivity contribution >= 4 is 29.3 Å². The van der Waals surface area contributed by atoms with E-state index < -0.39 is 0 Å². The number of likely N-dealkylation sites (N-methyl/N-ethyl adjacent to an activating group) is 1. The van der Waals surface area contributed by atoms with Gasteiger partial charge >= 0.3 is 5.97 Å². The van der Waals surface area contributed by atoms with Gasteiger partial charge in [0.05, 0.1) is 5.69 Å². The van der Waals surface area contributed by atoms with Gasteiger partial charge in [-0.05, 0) is 60.8 Å². The van der Waals surface area contributed by atoms with Crippen molar-refractivity contribution in [3.8, 4) is 22.5 Å². The SMILES string of the molecule is CCCCc1nc(Cl)c(COC(=O)C(CCSC)N(C)C)n1Cc1ccc(-c2ccccc2-c2nn[nH]n2)cc1. The number of rotatable bonds is 14. The molecule has 2 aromatic heterocycles. The smallest absolute Gasteiger partial charge is 0.323 e. The molecule has 0 aliphatic heterocycles. The predicted molar refractivity (Wildman–Crippen MR) is 160 cm³/mol. The Kier molecular flexibility index (Phi) is 10.7. The number of benzene rings is 2. The summed E-state index contributed by atoms with van der Waals surface area (Å²) >= 11 is 8.34. The highest BCUT2D eigenvalue weighted by Crippen LogP contribution is 2.30. The van der Waals surface area contributed by atoms with Crippen LogP contribution in [0.2, 0.25) is 5.15 Å². The van der Waals surface area contributed by atoms with Crippen molar-refractivity contribution in [2.45, 2.75) is 51.8 Å². The van der Waals surface area contributed by atoms with Gasteiger partial charge in [-0.3, -0.25) is 9.69 Å². The number of hydrogen-bond donors (Lipinski definition) is 1. The molecule has 4 aromatic rings. The van der Waals surface area contributed by atoms with Crippen LogP contribution in [-0.4, -0.2) is 73.2 Å². The monoisotopic (exact) mass is 581 g/mol. The number of aromatic nitrogens is 6. The summed E-state index contributed by atoms with van der Waals surface area (Å²) in [6.07, 6.45) is 5.60. The van der Waals surface area contributed by atoms with Gasteiger partial charge in [-0.25, -0.2) is 4.98 Å². The van der Waals surface area contributed by atoms with Crippen LogP contribution in [0.25, 0.3) is 22.5 Å². The average Bonchev–Trinajstić information content (AvgIpc) is 3.59. The van der Waals surface area contributed by atoms with E-state index >= 15 is 0 Å². The summed E-state index contributed by atoms with van der Waals surface area (Å²) in [6.45, 7) is 2.80. The van der Waals surface area contributed by atoms with E-state index in [1.54, 1.807) is 11.8 Å². The molecule has 11 heteroatoms. The molecular formula is C29H36ClN7O2S. The molecule has 0 aliphatic rings. The van der Waals surface area contributed by atoms with Crippen LogP contribution in [0.15, 0.2) is 48.5 Å². The number of thioether (sulfide) groups is 1. The number of ether oxygens (including phenoxy) is 1. The Morgan fingerprint density at radius 2 is 1.90 bits per heavy atom. The maximum atomic E-state index is 12.9. The zero-order valence-electron chi connectivity index (χ0n) is 23.4. The summed E-state index contributed by atoms with van der Waals surface area (Å²) in [5, 5.41) is 14.9. The zero-order valence-corrected chi connectivity index (χ0v) is 25.0. The minimum atomic E-state index is -0.301. The van der Waals surface area contributed by atoms with Crippen molar-refractivity contribution in [1.29, 1.82) is 0 Å². The first-order valence-electron chi connectivity index (χ1n) is 13.4. The van der Waals surface area contributed by atoms with Crippen LogP contribution in [0.4, 0.5) is 0 Å². The number of aromatic amines is 1. The number of imidazole rings is 1. The maximum Gasteiger partial charge on any atom is 0.323 e. The topological polar surface area (TPSA) is 102 Å². The first-order chi connectivity index (χ1) is 19.4. The number of esters is 1. The molecule has 212 valence electrons. The molecule has 1 N–H and O–H groups in total. The second-order valence-electron chi connectivity index (χ2n) is 9.80. The Balaban J connectivity index is 1.56. The van der Waals surface area contributed by atoms with Crippen molar-refractivity contribution in [2.24, 2.45) is 0 Å². The largest absolute Gasteiger partial charge is 0.458 e. The van der Waals surface area contributed by atoms with Gasteiger partial charge in [0.2, 0.25) is 5.82 Å². The maximum absolute atomic E-state index is 12.9. The molecule has 40 heavy (non-hydrogen) atoms. The molecule has 0 aliphatic carbocycles. The molecule has 0 saturated heterocycles. The number of nitrogens with zero attached hydrogens (tertiary/aromatic N) is 6. The first kappa shape index (κ1) is 29.8. The molecule has 0 spiro atoms. The van der Waals surface area contributed by atoms with Crippen LogP contribution in [-0.2, 0) is 29.1 Å². The number of hydrogen-bond acceptors (Lipinski definition) is 8. The Hall–Kier alpha value is -3.21. The van der Waals surface area contributed by atoms with Gasteiger partial charge in [-0.2, -0.15) is 17.0 Å². The van der Waals surface area contributed by atoms with Gasteiger partial charge in [-0.15, -0.1) is 10.2 Å². The minimum Gasteiger partial charge on any atom is -0.458 e. The van der Waals surface area contributed by atoms with E-state index in [9.17, 15) is 4.79 Å². The summed E-state index contributed by atoms with van der Waals surface area (Å²) in [5.74, 6) is 2.09. The molecular weight excluding hydrogens is 546 g/mol. The number of H-pyrrole nitrogens is 1. The van der Waals surface area contributed by atoms with Crippen LogP contribution in [0, 0.1) is 0 Å². The van der Waals surface area contributed by atoms with E-state index in [1.165, 1.54) is 0 Å². The Bertz CT molecular complexity index is 1370. The summed E-state index contributed by atoms with van der Waals surface area (Å²) in [6, 6.07) is 16.1. The molecule has 0 fully saturated rings. The molecule has 0 amide bonds. The second-order valence-corrected chi connectivity index (χ2v) is 11.1. The Labute approximate surface area is 244 Å². The number of aryl methyl sites for hydroxylation is 1. The molecule has 4 rings (SSSR count). The van der Waals surface area contributed by atoms with Gasteiger partial charge in [0.1, 0.15) is 18.5 Å². The lowest BCUT2D eigenvalue weighted by atomic mass is 9.98. The zero-order chi connectivity index (χ0) is 28.5. The highest BCUT2D eigenvalue weighted by Gasteiger charge is 2.24. The average molecular weight is 582 g/mol. The van der Waals surface area contributed by atoms with Crippen molar-refractivity contribution in [2.75, 3.05) is 26.1 Å². The number of nitrogens with one attached hydrogen (secondary N) is 1. The van der Waals surface area contributed by atoms with E-state index in [1.807, 2.05) is 49.5 Å². The highest BCUT2D eigenvalue weighted by atomic mass is 35.5. The number of carbonyl (C=O) groups excluding carboxylic acids is 1. The van der Waals surface area contributed by atoms with Crippen molar-refractivity contribution in [3.63, 3.8) is 0 Å². The van der Waals surface area contributed by atoms with Crippen LogP contribution >= 0.6 is 23.4 Å². The molecule has 0 bridgehead atoms. The Morgan fingerprint density at radius 1 is 1.15 bits per heavy atom. The summed E-state index contributed by atoms with van der Waals surface area (Å²) in [5.41, 5.74) is 4.79. The lowest BCUT2D eigenvalue weighted by Gasteiger charge is -2.22. The molecule has 0 radical (unpaired) electrons. The molecule has 2 aromatic carbocycles. The van der Waals surface area contributed by atoms with Gasteiger partial charge in [0, 0.05) is 18.5 Å². The van der Waals surface area contributed by atoms with E-state index in [-0.39, 0.29) is 18.6 Å². The normalized spacial score (nSPS) is 12.2. The van der Waals surface area contributed by atoms with E-state index in [4.69, 9.17) is 16.3 Å². The number of carbonyl (C=O) groups is 1. The Morgan fingerprint density at radius 3 is 2.55 bits per heavy atom. The third-order valence-electron chi connectivity index (χ3n) is 6.82. The van der Waals surface area contributed by atoms with Gasteiger partial charge in [0.25, 0.3) is 0 Å². The predicted octanol–water partition coefficient (Wildman–Crippen LogP) is 5.50. The van der Waals surface area contributed by atoms with Gasteiger partial charge in [-0.1, -0.05) is 73.5 Å². The van der Waals surface area contributed by atoms with E-state index in [2.05, 4.69) is 61.4 Å². The van der Waals surface area contributed by atoms with Crippen LogP contribution < -0.4 is 0 Å². The van der Waals surface area contributed by atoms with Crippen LogP contribution in [0.3, 0.4) is 0 Å². The number of unbranched alkanes of at least 4 members (excludes halogenated alkanes) is 1. The molecule has 1 atom stereocenters. The van der Waals surface area contributed by atoms with Gasteiger partial charge < -0.3 is 9.30 Å². The first-order valence-corrected chi connectivity index (χ1v) is 15.2. The fourth-order valence-electron chi connectivity index (χ4n) is 4.59. The summed E-state index contributed by atoms with van der Waals surface area (Å²) in [7, 11) is 3.80.